The van der Waals surface area contributed by atoms with E-state index >= 15 is 0 Å². The van der Waals surface area contributed by atoms with Gasteiger partial charge in [-0.1, -0.05) is 17.5 Å². The third-order valence-corrected chi connectivity index (χ3v) is 2.33. The van der Waals surface area contributed by atoms with Crippen LogP contribution in [0, 0.1) is 12.3 Å². The van der Waals surface area contributed by atoms with Gasteiger partial charge in [-0.25, -0.2) is 0 Å². The standard InChI is InChI=1S/C12H14ClNO/c1-4-9(2)14-8-10-7-11(13)5-6-12(10)15-3/h1,5-7,9,14H,8H2,2-3H3. The van der Waals surface area contributed by atoms with E-state index < -0.39 is 0 Å². The van der Waals surface area contributed by atoms with Crippen molar-refractivity contribution >= 4 is 11.6 Å². The highest BCUT2D eigenvalue weighted by Crippen LogP contribution is 2.22. The van der Waals surface area contributed by atoms with E-state index in [1.54, 1.807) is 13.2 Å². The summed E-state index contributed by atoms with van der Waals surface area (Å²) in [6, 6.07) is 5.55. The zero-order chi connectivity index (χ0) is 11.3. The Hall–Kier alpha value is -1.17. The van der Waals surface area contributed by atoms with Gasteiger partial charge in [0.1, 0.15) is 5.75 Å². The predicted molar refractivity (Wildman–Crippen MR) is 63.1 cm³/mol. The van der Waals surface area contributed by atoms with Gasteiger partial charge in [0.25, 0.3) is 0 Å². The Morgan fingerprint density at radius 1 is 1.60 bits per heavy atom. The van der Waals surface area contributed by atoms with Crippen LogP contribution in [0.1, 0.15) is 12.5 Å². The molecule has 0 amide bonds. The normalized spacial score (nSPS) is 11.9. The largest absolute Gasteiger partial charge is 0.496 e. The van der Waals surface area contributed by atoms with E-state index in [4.69, 9.17) is 22.8 Å². The fourth-order valence-corrected chi connectivity index (χ4v) is 1.40. The molecule has 0 bridgehead atoms. The van der Waals surface area contributed by atoms with Gasteiger partial charge in [-0.3, -0.25) is 5.32 Å². The lowest BCUT2D eigenvalue weighted by Crippen LogP contribution is -2.23. The van der Waals surface area contributed by atoms with Crippen LogP contribution in [-0.4, -0.2) is 13.2 Å². The van der Waals surface area contributed by atoms with E-state index in [1.165, 1.54) is 0 Å². The van der Waals surface area contributed by atoms with Crippen molar-refractivity contribution in [1.82, 2.24) is 5.32 Å². The van der Waals surface area contributed by atoms with Crippen molar-refractivity contribution < 1.29 is 4.74 Å². The smallest absolute Gasteiger partial charge is 0.123 e. The van der Waals surface area contributed by atoms with Gasteiger partial charge in [0.05, 0.1) is 13.2 Å². The number of ether oxygens (including phenoxy) is 1. The first kappa shape index (κ1) is 11.9. The molecule has 1 N–H and O–H groups in total. The number of halogens is 1. The number of rotatable bonds is 4. The molecule has 0 aliphatic heterocycles. The molecule has 0 fully saturated rings. The third-order valence-electron chi connectivity index (χ3n) is 2.09. The number of hydrogen-bond acceptors (Lipinski definition) is 2. The van der Waals surface area contributed by atoms with Crippen molar-refractivity contribution in [2.45, 2.75) is 19.5 Å². The summed E-state index contributed by atoms with van der Waals surface area (Å²) in [5.41, 5.74) is 1.01. The number of benzene rings is 1. The van der Waals surface area contributed by atoms with Gasteiger partial charge in [0.2, 0.25) is 0 Å². The molecule has 1 aromatic rings. The van der Waals surface area contributed by atoms with E-state index in [1.807, 2.05) is 19.1 Å². The summed E-state index contributed by atoms with van der Waals surface area (Å²) in [6.45, 7) is 2.58. The molecular weight excluding hydrogens is 210 g/mol. The van der Waals surface area contributed by atoms with Gasteiger partial charge < -0.3 is 4.74 Å². The zero-order valence-corrected chi connectivity index (χ0v) is 9.64. The topological polar surface area (TPSA) is 21.3 Å². The number of terminal acetylenes is 1. The summed E-state index contributed by atoms with van der Waals surface area (Å²) in [5.74, 6) is 3.42. The molecule has 1 aromatic carbocycles. The molecule has 0 radical (unpaired) electrons. The highest BCUT2D eigenvalue weighted by atomic mass is 35.5. The Morgan fingerprint density at radius 3 is 2.93 bits per heavy atom. The minimum absolute atomic E-state index is 0.0358. The van der Waals surface area contributed by atoms with Gasteiger partial charge in [0, 0.05) is 17.1 Å². The molecule has 15 heavy (non-hydrogen) atoms. The maximum Gasteiger partial charge on any atom is 0.123 e. The van der Waals surface area contributed by atoms with Crippen LogP contribution in [0.5, 0.6) is 5.75 Å². The van der Waals surface area contributed by atoms with E-state index in [2.05, 4.69) is 11.2 Å². The summed E-state index contributed by atoms with van der Waals surface area (Å²) in [5, 5.41) is 3.87. The molecule has 0 heterocycles. The van der Waals surface area contributed by atoms with Crippen molar-refractivity contribution in [2.75, 3.05) is 7.11 Å². The molecule has 0 aliphatic carbocycles. The average Bonchev–Trinajstić information content (AvgIpc) is 2.26. The second-order valence-electron chi connectivity index (χ2n) is 3.23. The Bertz CT molecular complexity index is 370. The SMILES string of the molecule is C#CC(C)NCc1cc(Cl)ccc1OC. The minimum Gasteiger partial charge on any atom is -0.496 e. The summed E-state index contributed by atoms with van der Waals surface area (Å²) < 4.78 is 5.22. The van der Waals surface area contributed by atoms with Crippen LogP contribution in [0.2, 0.25) is 5.02 Å². The van der Waals surface area contributed by atoms with Crippen LogP contribution in [0.3, 0.4) is 0 Å². The van der Waals surface area contributed by atoms with Crippen LogP contribution >= 0.6 is 11.6 Å². The molecule has 0 aromatic heterocycles. The Morgan fingerprint density at radius 2 is 2.33 bits per heavy atom. The minimum atomic E-state index is 0.0358. The van der Waals surface area contributed by atoms with Gasteiger partial charge in [-0.2, -0.15) is 0 Å². The Balaban J connectivity index is 2.75. The van der Waals surface area contributed by atoms with Crippen molar-refractivity contribution in [2.24, 2.45) is 0 Å². The molecule has 0 spiro atoms. The summed E-state index contributed by atoms with van der Waals surface area (Å²) in [6.07, 6.45) is 5.27. The van der Waals surface area contributed by atoms with Crippen LogP contribution in [0.15, 0.2) is 18.2 Å². The Labute approximate surface area is 95.6 Å². The third kappa shape index (κ3) is 3.47. The van der Waals surface area contributed by atoms with Gasteiger partial charge in [-0.05, 0) is 25.1 Å². The molecule has 0 saturated heterocycles. The zero-order valence-electron chi connectivity index (χ0n) is 8.88. The lowest BCUT2D eigenvalue weighted by molar-refractivity contribution is 0.407. The molecule has 3 heteroatoms. The van der Waals surface area contributed by atoms with Gasteiger partial charge in [-0.15, -0.1) is 6.42 Å². The van der Waals surface area contributed by atoms with Gasteiger partial charge in [0.15, 0.2) is 0 Å². The maximum absolute atomic E-state index is 5.90. The first-order valence-corrected chi connectivity index (χ1v) is 5.07. The number of nitrogens with one attached hydrogen (secondary N) is 1. The van der Waals surface area contributed by atoms with E-state index in [-0.39, 0.29) is 6.04 Å². The lowest BCUT2D eigenvalue weighted by atomic mass is 10.2. The van der Waals surface area contributed by atoms with Crippen LogP contribution in [0.25, 0.3) is 0 Å². The van der Waals surface area contributed by atoms with Crippen LogP contribution < -0.4 is 10.1 Å². The molecule has 0 aliphatic rings. The number of methoxy groups -OCH3 is 1. The van der Waals surface area contributed by atoms with Gasteiger partial charge >= 0.3 is 0 Å². The summed E-state index contributed by atoms with van der Waals surface area (Å²) >= 11 is 5.90. The van der Waals surface area contributed by atoms with E-state index in [0.29, 0.717) is 11.6 Å². The monoisotopic (exact) mass is 223 g/mol. The molecular formula is C12H14ClNO. The van der Waals surface area contributed by atoms with Crippen molar-refractivity contribution in [1.29, 1.82) is 0 Å². The molecule has 2 nitrogen and oxygen atoms in total. The molecule has 1 rings (SSSR count). The fraction of sp³-hybridized carbons (Fsp3) is 0.333. The van der Waals surface area contributed by atoms with Crippen molar-refractivity contribution in [3.05, 3.63) is 28.8 Å². The molecule has 80 valence electrons. The highest BCUT2D eigenvalue weighted by molar-refractivity contribution is 6.30. The highest BCUT2D eigenvalue weighted by Gasteiger charge is 2.04. The summed E-state index contributed by atoms with van der Waals surface area (Å²) in [4.78, 5) is 0. The number of hydrogen-bond donors (Lipinski definition) is 1. The van der Waals surface area contributed by atoms with E-state index in [0.717, 1.165) is 11.3 Å². The first-order valence-electron chi connectivity index (χ1n) is 4.69. The first-order chi connectivity index (χ1) is 7.17. The van der Waals surface area contributed by atoms with Crippen LogP contribution in [-0.2, 0) is 6.54 Å². The predicted octanol–water partition coefficient (Wildman–Crippen LogP) is 2.46. The lowest BCUT2D eigenvalue weighted by Gasteiger charge is -2.11. The van der Waals surface area contributed by atoms with Crippen LogP contribution in [0.4, 0.5) is 0 Å². The average molecular weight is 224 g/mol. The Kier molecular flexibility index (Phi) is 4.48. The molecule has 0 saturated carbocycles. The maximum atomic E-state index is 5.90. The second-order valence-corrected chi connectivity index (χ2v) is 3.66. The molecule has 1 unspecified atom stereocenters. The second kappa shape index (κ2) is 5.65. The fourth-order valence-electron chi connectivity index (χ4n) is 1.21. The quantitative estimate of drug-likeness (QED) is 0.792. The van der Waals surface area contributed by atoms with Crippen molar-refractivity contribution in [3.63, 3.8) is 0 Å². The summed E-state index contributed by atoms with van der Waals surface area (Å²) in [7, 11) is 1.64. The molecule has 1 atom stereocenters. The van der Waals surface area contributed by atoms with Crippen molar-refractivity contribution in [3.8, 4) is 18.1 Å². The van der Waals surface area contributed by atoms with E-state index in [9.17, 15) is 0 Å².